The molecule has 1 rings (SSSR count). The highest BCUT2D eigenvalue weighted by Crippen LogP contribution is 2.24. The Labute approximate surface area is 143 Å². The fourth-order valence-corrected chi connectivity index (χ4v) is 2.80. The summed E-state index contributed by atoms with van der Waals surface area (Å²) in [4.78, 5) is 8.28. The standard InChI is InChI=1S/C20H36N2O/c1-5-6-7-8-12-15-20(2,23-21-16-17-22(3)4)18-19-13-10-9-11-14-19/h9-11,13-14,21H,5-8,12,15-18H2,1-4H3. The molecule has 3 nitrogen and oxygen atoms in total. The van der Waals surface area contributed by atoms with Crippen molar-refractivity contribution < 1.29 is 4.84 Å². The molecule has 0 bridgehead atoms. The molecule has 1 atom stereocenters. The quantitative estimate of drug-likeness (QED) is 0.430. The third-order valence-electron chi connectivity index (χ3n) is 4.21. The van der Waals surface area contributed by atoms with E-state index in [9.17, 15) is 0 Å². The molecule has 1 N–H and O–H groups in total. The van der Waals surface area contributed by atoms with Crippen LogP contribution < -0.4 is 5.48 Å². The lowest BCUT2D eigenvalue weighted by atomic mass is 9.90. The Hall–Kier alpha value is -0.900. The normalized spacial score (nSPS) is 14.1. The zero-order valence-corrected chi connectivity index (χ0v) is 15.6. The maximum absolute atomic E-state index is 6.11. The van der Waals surface area contributed by atoms with E-state index >= 15 is 0 Å². The van der Waals surface area contributed by atoms with Crippen molar-refractivity contribution >= 4 is 0 Å². The monoisotopic (exact) mass is 320 g/mol. The Morgan fingerprint density at radius 2 is 1.74 bits per heavy atom. The molecule has 0 spiro atoms. The Morgan fingerprint density at radius 3 is 2.39 bits per heavy atom. The molecule has 0 amide bonds. The number of rotatable bonds is 13. The van der Waals surface area contributed by atoms with E-state index in [1.807, 2.05) is 0 Å². The Morgan fingerprint density at radius 1 is 1.04 bits per heavy atom. The van der Waals surface area contributed by atoms with Gasteiger partial charge in [0.25, 0.3) is 0 Å². The summed E-state index contributed by atoms with van der Waals surface area (Å²) in [6.45, 7) is 6.34. The second-order valence-corrected chi connectivity index (χ2v) is 7.08. The van der Waals surface area contributed by atoms with Crippen molar-refractivity contribution in [3.8, 4) is 0 Å². The summed E-state index contributed by atoms with van der Waals surface area (Å²) in [5.41, 5.74) is 4.39. The van der Waals surface area contributed by atoms with Crippen molar-refractivity contribution in [2.45, 2.75) is 64.4 Å². The molecule has 1 aromatic rings. The molecule has 0 aromatic heterocycles. The smallest absolute Gasteiger partial charge is 0.0908 e. The van der Waals surface area contributed by atoms with Gasteiger partial charge in [-0.25, -0.2) is 5.48 Å². The third kappa shape index (κ3) is 9.75. The van der Waals surface area contributed by atoms with Crippen molar-refractivity contribution in [1.82, 2.24) is 10.4 Å². The van der Waals surface area contributed by atoms with E-state index < -0.39 is 0 Å². The first kappa shape index (κ1) is 20.1. The summed E-state index contributed by atoms with van der Waals surface area (Å²) in [6, 6.07) is 10.7. The topological polar surface area (TPSA) is 24.5 Å². The largest absolute Gasteiger partial charge is 0.308 e. The van der Waals surface area contributed by atoms with Gasteiger partial charge in [-0.15, -0.1) is 0 Å². The molecule has 0 saturated heterocycles. The van der Waals surface area contributed by atoms with Crippen LogP contribution in [0.2, 0.25) is 0 Å². The Kier molecular flexibility index (Phi) is 10.2. The number of hydrogen-bond acceptors (Lipinski definition) is 3. The van der Waals surface area contributed by atoms with Crippen LogP contribution >= 0.6 is 0 Å². The molecule has 0 aliphatic carbocycles. The lowest BCUT2D eigenvalue weighted by Gasteiger charge is -2.30. The molecule has 0 radical (unpaired) electrons. The molecular formula is C20H36N2O. The number of benzene rings is 1. The van der Waals surface area contributed by atoms with Gasteiger partial charge in [0.2, 0.25) is 0 Å². The van der Waals surface area contributed by atoms with Gasteiger partial charge in [-0.05, 0) is 33.0 Å². The molecule has 132 valence electrons. The van der Waals surface area contributed by atoms with Gasteiger partial charge in [0.15, 0.2) is 0 Å². The Bertz CT molecular complexity index is 394. The SMILES string of the molecule is CCCCCCCC(C)(Cc1ccccc1)ONCCN(C)C. The maximum Gasteiger partial charge on any atom is 0.0908 e. The number of unbranched alkanes of at least 4 members (excludes halogenated alkanes) is 4. The fourth-order valence-electron chi connectivity index (χ4n) is 2.80. The molecule has 1 unspecified atom stereocenters. The summed E-state index contributed by atoms with van der Waals surface area (Å²) in [6.07, 6.45) is 8.57. The molecule has 0 saturated carbocycles. The van der Waals surface area contributed by atoms with Crippen molar-refractivity contribution in [1.29, 1.82) is 0 Å². The molecule has 0 heterocycles. The van der Waals surface area contributed by atoms with E-state index in [0.717, 1.165) is 25.9 Å². The highest BCUT2D eigenvalue weighted by atomic mass is 16.7. The van der Waals surface area contributed by atoms with Crippen LogP contribution in [0.15, 0.2) is 30.3 Å². The number of hydroxylamine groups is 1. The predicted molar refractivity (Wildman–Crippen MR) is 99.6 cm³/mol. The third-order valence-corrected chi connectivity index (χ3v) is 4.21. The number of nitrogens with zero attached hydrogens (tertiary/aromatic N) is 1. The maximum atomic E-state index is 6.11. The fraction of sp³-hybridized carbons (Fsp3) is 0.700. The lowest BCUT2D eigenvalue weighted by molar-refractivity contribution is -0.101. The predicted octanol–water partition coefficient (Wildman–Crippen LogP) is 4.43. The molecular weight excluding hydrogens is 284 g/mol. The van der Waals surface area contributed by atoms with Crippen LogP contribution in [-0.2, 0) is 11.3 Å². The van der Waals surface area contributed by atoms with Crippen LogP contribution in [0, 0.1) is 0 Å². The highest BCUT2D eigenvalue weighted by molar-refractivity contribution is 5.16. The van der Waals surface area contributed by atoms with Crippen molar-refractivity contribution in [3.05, 3.63) is 35.9 Å². The first-order valence-corrected chi connectivity index (χ1v) is 9.15. The van der Waals surface area contributed by atoms with Gasteiger partial charge in [-0.2, -0.15) is 0 Å². The van der Waals surface area contributed by atoms with E-state index in [-0.39, 0.29) is 5.60 Å². The first-order valence-electron chi connectivity index (χ1n) is 9.15. The Balaban J connectivity index is 2.48. The summed E-state index contributed by atoms with van der Waals surface area (Å²) in [7, 11) is 4.16. The van der Waals surface area contributed by atoms with Gasteiger partial charge in [0.05, 0.1) is 5.60 Å². The molecule has 3 heteroatoms. The molecule has 1 aromatic carbocycles. The van der Waals surface area contributed by atoms with E-state index in [1.165, 1.54) is 37.7 Å². The van der Waals surface area contributed by atoms with Crippen LogP contribution in [0.5, 0.6) is 0 Å². The summed E-state index contributed by atoms with van der Waals surface area (Å²) < 4.78 is 0. The minimum absolute atomic E-state index is 0.139. The van der Waals surface area contributed by atoms with Gasteiger partial charge < -0.3 is 4.90 Å². The van der Waals surface area contributed by atoms with Crippen LogP contribution in [0.1, 0.15) is 57.9 Å². The van der Waals surface area contributed by atoms with Crippen LogP contribution in [0.25, 0.3) is 0 Å². The van der Waals surface area contributed by atoms with E-state index in [1.54, 1.807) is 0 Å². The first-order chi connectivity index (χ1) is 11.1. The van der Waals surface area contributed by atoms with E-state index in [2.05, 4.69) is 68.7 Å². The summed E-state index contributed by atoms with van der Waals surface area (Å²) in [5.74, 6) is 0. The molecule has 0 fully saturated rings. The molecule has 0 aliphatic heterocycles. The van der Waals surface area contributed by atoms with Gasteiger partial charge >= 0.3 is 0 Å². The highest BCUT2D eigenvalue weighted by Gasteiger charge is 2.25. The zero-order valence-electron chi connectivity index (χ0n) is 15.6. The number of likely N-dealkylation sites (N-methyl/N-ethyl adjacent to an activating group) is 1. The van der Waals surface area contributed by atoms with Gasteiger partial charge in [0.1, 0.15) is 0 Å². The average molecular weight is 321 g/mol. The van der Waals surface area contributed by atoms with Crippen molar-refractivity contribution in [2.24, 2.45) is 0 Å². The van der Waals surface area contributed by atoms with E-state index in [0.29, 0.717) is 0 Å². The van der Waals surface area contributed by atoms with Crippen LogP contribution in [0.4, 0.5) is 0 Å². The minimum Gasteiger partial charge on any atom is -0.308 e. The van der Waals surface area contributed by atoms with E-state index in [4.69, 9.17) is 4.84 Å². The zero-order chi connectivity index (χ0) is 17.0. The summed E-state index contributed by atoms with van der Waals surface area (Å²) >= 11 is 0. The second-order valence-electron chi connectivity index (χ2n) is 7.08. The molecule has 23 heavy (non-hydrogen) atoms. The average Bonchev–Trinajstić information content (AvgIpc) is 2.52. The number of nitrogens with one attached hydrogen (secondary N) is 1. The second kappa shape index (κ2) is 11.6. The van der Waals surface area contributed by atoms with Crippen molar-refractivity contribution in [3.63, 3.8) is 0 Å². The van der Waals surface area contributed by atoms with Crippen LogP contribution in [0.3, 0.4) is 0 Å². The lowest BCUT2D eigenvalue weighted by Crippen LogP contribution is -2.39. The van der Waals surface area contributed by atoms with Gasteiger partial charge in [0, 0.05) is 19.5 Å². The minimum atomic E-state index is -0.139. The van der Waals surface area contributed by atoms with Gasteiger partial charge in [-0.1, -0.05) is 69.4 Å². The van der Waals surface area contributed by atoms with Crippen molar-refractivity contribution in [2.75, 3.05) is 27.2 Å². The summed E-state index contributed by atoms with van der Waals surface area (Å²) in [5, 5.41) is 0. The van der Waals surface area contributed by atoms with Gasteiger partial charge in [-0.3, -0.25) is 4.84 Å². The number of hydrogen-bond donors (Lipinski definition) is 1. The van der Waals surface area contributed by atoms with Crippen LogP contribution in [-0.4, -0.2) is 37.7 Å². The molecule has 0 aliphatic rings.